The summed E-state index contributed by atoms with van der Waals surface area (Å²) in [4.78, 5) is 24.2. The third kappa shape index (κ3) is 4.80. The van der Waals surface area contributed by atoms with Crippen molar-refractivity contribution >= 4 is 33.4 Å². The number of rotatable bonds is 6. The molecule has 0 bridgehead atoms. The maximum absolute atomic E-state index is 12.3. The van der Waals surface area contributed by atoms with Gasteiger partial charge in [0.05, 0.1) is 17.9 Å². The van der Waals surface area contributed by atoms with Gasteiger partial charge in [0, 0.05) is 21.8 Å². The largest absolute Gasteiger partial charge is 0.462 e. The SMILES string of the molecule is CCOC(=O)c1ccccc1N/C(C)=C/C(=O)c1ccc(Br)cc1. The zero-order valence-corrected chi connectivity index (χ0v) is 15.1. The smallest absolute Gasteiger partial charge is 0.340 e. The third-order valence-electron chi connectivity index (χ3n) is 3.23. The first-order valence-electron chi connectivity index (χ1n) is 7.52. The highest BCUT2D eigenvalue weighted by atomic mass is 79.9. The highest BCUT2D eigenvalue weighted by Gasteiger charge is 2.12. The second-order valence-corrected chi connectivity index (χ2v) is 6.01. The van der Waals surface area contributed by atoms with Gasteiger partial charge in [-0.05, 0) is 50.2 Å². The van der Waals surface area contributed by atoms with Crippen molar-refractivity contribution in [3.8, 4) is 0 Å². The van der Waals surface area contributed by atoms with E-state index in [1.54, 1.807) is 44.2 Å². The van der Waals surface area contributed by atoms with E-state index in [0.29, 0.717) is 29.1 Å². The van der Waals surface area contributed by atoms with Crippen molar-refractivity contribution in [2.24, 2.45) is 0 Å². The topological polar surface area (TPSA) is 55.4 Å². The number of nitrogens with one attached hydrogen (secondary N) is 1. The van der Waals surface area contributed by atoms with Crippen LogP contribution in [0.2, 0.25) is 0 Å². The fraction of sp³-hybridized carbons (Fsp3) is 0.158. The van der Waals surface area contributed by atoms with Crippen molar-refractivity contribution in [1.82, 2.24) is 0 Å². The predicted molar refractivity (Wildman–Crippen MR) is 98.3 cm³/mol. The Morgan fingerprint density at radius 3 is 2.46 bits per heavy atom. The Kier molecular flexibility index (Phi) is 6.32. The molecule has 2 aromatic carbocycles. The summed E-state index contributed by atoms with van der Waals surface area (Å²) in [7, 11) is 0. The number of hydrogen-bond acceptors (Lipinski definition) is 4. The molecule has 0 fully saturated rings. The average molecular weight is 388 g/mol. The fourth-order valence-electron chi connectivity index (χ4n) is 2.12. The molecular weight excluding hydrogens is 370 g/mol. The molecule has 2 aromatic rings. The lowest BCUT2D eigenvalue weighted by Gasteiger charge is -2.11. The zero-order valence-electron chi connectivity index (χ0n) is 13.5. The van der Waals surface area contributed by atoms with Gasteiger partial charge < -0.3 is 10.1 Å². The molecule has 0 aliphatic rings. The van der Waals surface area contributed by atoms with Crippen LogP contribution in [0.25, 0.3) is 0 Å². The minimum absolute atomic E-state index is 0.110. The second kappa shape index (κ2) is 8.45. The Hall–Kier alpha value is -2.40. The number of allylic oxidation sites excluding steroid dienone is 2. The molecule has 0 aliphatic heterocycles. The number of para-hydroxylation sites is 1. The summed E-state index contributed by atoms with van der Waals surface area (Å²) in [6.07, 6.45) is 1.51. The van der Waals surface area contributed by atoms with Gasteiger partial charge in [-0.3, -0.25) is 4.79 Å². The zero-order chi connectivity index (χ0) is 17.5. The standard InChI is InChI=1S/C19H18BrNO3/c1-3-24-19(23)16-6-4-5-7-17(16)21-13(2)12-18(22)14-8-10-15(20)11-9-14/h4-12,21H,3H2,1-2H3/b13-12+. The third-order valence-corrected chi connectivity index (χ3v) is 3.76. The Labute approximate surface area is 149 Å². The highest BCUT2D eigenvalue weighted by molar-refractivity contribution is 9.10. The molecular formula is C19H18BrNO3. The molecule has 0 saturated heterocycles. The average Bonchev–Trinajstić information content (AvgIpc) is 2.56. The number of hydrogen-bond donors (Lipinski definition) is 1. The van der Waals surface area contributed by atoms with E-state index in [2.05, 4.69) is 21.2 Å². The Bertz CT molecular complexity index is 766. The molecule has 0 saturated carbocycles. The van der Waals surface area contributed by atoms with Gasteiger partial charge >= 0.3 is 5.97 Å². The van der Waals surface area contributed by atoms with Crippen molar-refractivity contribution in [2.75, 3.05) is 11.9 Å². The summed E-state index contributed by atoms with van der Waals surface area (Å²) in [5.41, 5.74) is 2.27. The monoisotopic (exact) mass is 387 g/mol. The summed E-state index contributed by atoms with van der Waals surface area (Å²) in [5, 5.41) is 3.09. The molecule has 124 valence electrons. The molecule has 0 aromatic heterocycles. The van der Waals surface area contributed by atoms with Gasteiger partial charge in [0.15, 0.2) is 5.78 Å². The molecule has 0 unspecified atom stereocenters. The van der Waals surface area contributed by atoms with E-state index >= 15 is 0 Å². The maximum Gasteiger partial charge on any atom is 0.340 e. The first-order chi connectivity index (χ1) is 11.5. The van der Waals surface area contributed by atoms with Crippen molar-refractivity contribution in [1.29, 1.82) is 0 Å². The van der Waals surface area contributed by atoms with Crippen LogP contribution in [0.4, 0.5) is 5.69 Å². The van der Waals surface area contributed by atoms with E-state index in [1.807, 2.05) is 18.2 Å². The molecule has 24 heavy (non-hydrogen) atoms. The molecule has 4 nitrogen and oxygen atoms in total. The molecule has 0 spiro atoms. The number of carbonyl (C=O) groups is 2. The van der Waals surface area contributed by atoms with E-state index in [-0.39, 0.29) is 5.78 Å². The lowest BCUT2D eigenvalue weighted by molar-refractivity contribution is 0.0527. The lowest BCUT2D eigenvalue weighted by atomic mass is 10.1. The number of carbonyl (C=O) groups excluding carboxylic acids is 2. The number of anilines is 1. The van der Waals surface area contributed by atoms with Crippen molar-refractivity contribution in [3.63, 3.8) is 0 Å². The quantitative estimate of drug-likeness (QED) is 0.438. The summed E-state index contributed by atoms with van der Waals surface area (Å²) >= 11 is 3.34. The summed E-state index contributed by atoms with van der Waals surface area (Å²) < 4.78 is 5.96. The van der Waals surface area contributed by atoms with Gasteiger partial charge in [-0.15, -0.1) is 0 Å². The molecule has 0 radical (unpaired) electrons. The number of ether oxygens (including phenoxy) is 1. The molecule has 0 amide bonds. The van der Waals surface area contributed by atoms with Crippen LogP contribution in [-0.4, -0.2) is 18.4 Å². The number of esters is 1. The number of benzene rings is 2. The van der Waals surface area contributed by atoms with Crippen LogP contribution in [0.3, 0.4) is 0 Å². The Morgan fingerprint density at radius 1 is 1.12 bits per heavy atom. The van der Waals surface area contributed by atoms with E-state index in [0.717, 1.165) is 4.47 Å². The Morgan fingerprint density at radius 2 is 1.79 bits per heavy atom. The highest BCUT2D eigenvalue weighted by Crippen LogP contribution is 2.19. The van der Waals surface area contributed by atoms with Crippen LogP contribution < -0.4 is 5.32 Å². The molecule has 2 rings (SSSR count). The molecule has 0 aliphatic carbocycles. The summed E-state index contributed by atoms with van der Waals surface area (Å²) in [6, 6.07) is 14.2. The minimum atomic E-state index is -0.396. The van der Waals surface area contributed by atoms with E-state index in [1.165, 1.54) is 6.08 Å². The van der Waals surface area contributed by atoms with E-state index in [4.69, 9.17) is 4.74 Å². The van der Waals surface area contributed by atoms with Gasteiger partial charge in [-0.2, -0.15) is 0 Å². The first kappa shape index (κ1) is 17.9. The first-order valence-corrected chi connectivity index (χ1v) is 8.32. The second-order valence-electron chi connectivity index (χ2n) is 5.09. The van der Waals surface area contributed by atoms with Crippen molar-refractivity contribution in [3.05, 3.63) is 75.9 Å². The minimum Gasteiger partial charge on any atom is -0.462 e. The van der Waals surface area contributed by atoms with Crippen LogP contribution >= 0.6 is 15.9 Å². The van der Waals surface area contributed by atoms with E-state index < -0.39 is 5.97 Å². The predicted octanol–water partition coefficient (Wildman–Crippen LogP) is 4.82. The van der Waals surface area contributed by atoms with Crippen LogP contribution in [0.1, 0.15) is 34.6 Å². The van der Waals surface area contributed by atoms with Gasteiger partial charge in [-0.1, -0.05) is 28.1 Å². The number of ketones is 1. The van der Waals surface area contributed by atoms with Gasteiger partial charge in [0.1, 0.15) is 0 Å². The summed E-state index contributed by atoms with van der Waals surface area (Å²) in [6.45, 7) is 3.85. The molecule has 0 atom stereocenters. The van der Waals surface area contributed by atoms with Gasteiger partial charge in [0.2, 0.25) is 0 Å². The van der Waals surface area contributed by atoms with Crippen LogP contribution in [0.5, 0.6) is 0 Å². The molecule has 0 heterocycles. The van der Waals surface area contributed by atoms with Crippen LogP contribution in [-0.2, 0) is 4.74 Å². The maximum atomic E-state index is 12.3. The van der Waals surface area contributed by atoms with Gasteiger partial charge in [-0.25, -0.2) is 4.79 Å². The van der Waals surface area contributed by atoms with E-state index in [9.17, 15) is 9.59 Å². The fourth-order valence-corrected chi connectivity index (χ4v) is 2.39. The normalized spacial score (nSPS) is 11.0. The van der Waals surface area contributed by atoms with Crippen LogP contribution in [0.15, 0.2) is 64.8 Å². The number of halogens is 1. The molecule has 5 heteroatoms. The van der Waals surface area contributed by atoms with Crippen molar-refractivity contribution in [2.45, 2.75) is 13.8 Å². The lowest BCUT2D eigenvalue weighted by Crippen LogP contribution is -2.09. The van der Waals surface area contributed by atoms with Crippen LogP contribution in [0, 0.1) is 0 Å². The molecule has 1 N–H and O–H groups in total. The van der Waals surface area contributed by atoms with Crippen molar-refractivity contribution < 1.29 is 14.3 Å². The Balaban J connectivity index is 2.17. The summed E-state index contributed by atoms with van der Waals surface area (Å²) in [5.74, 6) is -0.506. The van der Waals surface area contributed by atoms with Gasteiger partial charge in [0.25, 0.3) is 0 Å².